The van der Waals surface area contributed by atoms with Gasteiger partial charge in [0.25, 0.3) is 0 Å². The summed E-state index contributed by atoms with van der Waals surface area (Å²) < 4.78 is 0. The Kier molecular flexibility index (Phi) is 2.25. The van der Waals surface area contributed by atoms with Crippen LogP contribution in [-0.4, -0.2) is 5.11 Å². The zero-order valence-corrected chi connectivity index (χ0v) is 11.2. The molecule has 96 valence electrons. The van der Waals surface area contributed by atoms with Crippen molar-refractivity contribution in [2.24, 2.45) is 0 Å². The molecule has 1 heteroatoms. The summed E-state index contributed by atoms with van der Waals surface area (Å²) in [5, 5.41) is 17.1. The molecule has 1 nitrogen and oxygen atoms in total. The first-order valence-corrected chi connectivity index (χ1v) is 6.78. The largest absolute Gasteiger partial charge is 0.508 e. The fourth-order valence-electron chi connectivity index (χ4n) is 3.13. The quantitative estimate of drug-likeness (QED) is 0.432. The summed E-state index contributed by atoms with van der Waals surface area (Å²) in [4.78, 5) is 0. The van der Waals surface area contributed by atoms with Gasteiger partial charge in [0.15, 0.2) is 0 Å². The molecule has 4 aromatic carbocycles. The number of fused-ring (bicyclic) bond motifs is 5. The highest BCUT2D eigenvalue weighted by Gasteiger charge is 2.08. The van der Waals surface area contributed by atoms with E-state index in [1.54, 1.807) is 6.07 Å². The summed E-state index contributed by atoms with van der Waals surface area (Å²) >= 11 is 0. The van der Waals surface area contributed by atoms with Crippen LogP contribution in [0.3, 0.4) is 0 Å². The number of hydrogen-bond donors (Lipinski definition) is 1. The van der Waals surface area contributed by atoms with Gasteiger partial charge in [-0.05, 0) is 56.9 Å². The summed E-state index contributed by atoms with van der Waals surface area (Å²) in [6.07, 6.45) is 0. The molecule has 0 amide bonds. The highest BCUT2D eigenvalue weighted by Crippen LogP contribution is 2.35. The van der Waals surface area contributed by atoms with Gasteiger partial charge in [0.05, 0.1) is 0 Å². The molecule has 0 aliphatic heterocycles. The van der Waals surface area contributed by atoms with E-state index in [2.05, 4.69) is 49.4 Å². The molecular formula is C19H14O. The predicted molar refractivity (Wildman–Crippen MR) is 85.4 cm³/mol. The Labute approximate surface area is 117 Å². The maximum absolute atomic E-state index is 9.77. The van der Waals surface area contributed by atoms with Crippen molar-refractivity contribution < 1.29 is 5.11 Å². The maximum Gasteiger partial charge on any atom is 0.116 e. The molecule has 20 heavy (non-hydrogen) atoms. The number of rotatable bonds is 0. The number of phenols is 1. The van der Waals surface area contributed by atoms with Crippen LogP contribution in [0.1, 0.15) is 5.56 Å². The van der Waals surface area contributed by atoms with E-state index in [0.29, 0.717) is 5.75 Å². The lowest BCUT2D eigenvalue weighted by molar-refractivity contribution is 0.476. The Bertz CT molecular complexity index is 967. The minimum atomic E-state index is 0.316. The lowest BCUT2D eigenvalue weighted by atomic mass is 9.93. The summed E-state index contributed by atoms with van der Waals surface area (Å²) in [5.41, 5.74) is 1.27. The summed E-state index contributed by atoms with van der Waals surface area (Å²) in [6, 6.07) is 20.5. The van der Waals surface area contributed by atoms with Gasteiger partial charge >= 0.3 is 0 Å². The number of phenolic OH excluding ortho intramolecular Hbond substituents is 1. The number of aromatic hydroxyl groups is 1. The Hall–Kier alpha value is -2.54. The molecule has 0 aromatic heterocycles. The zero-order chi connectivity index (χ0) is 13.7. The van der Waals surface area contributed by atoms with Gasteiger partial charge in [-0.25, -0.2) is 0 Å². The molecule has 0 aliphatic rings. The average molecular weight is 258 g/mol. The first-order valence-electron chi connectivity index (χ1n) is 6.78. The third-order valence-corrected chi connectivity index (χ3v) is 4.02. The van der Waals surface area contributed by atoms with E-state index in [9.17, 15) is 5.11 Å². The third kappa shape index (κ3) is 1.50. The topological polar surface area (TPSA) is 20.2 Å². The van der Waals surface area contributed by atoms with Crippen LogP contribution in [0.2, 0.25) is 0 Å². The number of benzene rings is 4. The van der Waals surface area contributed by atoms with Crippen molar-refractivity contribution in [3.05, 3.63) is 66.2 Å². The van der Waals surface area contributed by atoms with Crippen LogP contribution in [0.25, 0.3) is 32.3 Å². The third-order valence-electron chi connectivity index (χ3n) is 4.02. The lowest BCUT2D eigenvalue weighted by Gasteiger charge is -2.11. The van der Waals surface area contributed by atoms with Crippen LogP contribution in [0.4, 0.5) is 0 Å². The van der Waals surface area contributed by atoms with Crippen molar-refractivity contribution >= 4 is 32.3 Å². The van der Waals surface area contributed by atoms with E-state index in [4.69, 9.17) is 0 Å². The fourth-order valence-corrected chi connectivity index (χ4v) is 3.13. The molecule has 0 aliphatic carbocycles. The van der Waals surface area contributed by atoms with Crippen molar-refractivity contribution in [3.8, 4) is 5.75 Å². The Morgan fingerprint density at radius 3 is 2.40 bits per heavy atom. The van der Waals surface area contributed by atoms with Gasteiger partial charge in [-0.3, -0.25) is 0 Å². The van der Waals surface area contributed by atoms with Gasteiger partial charge < -0.3 is 5.11 Å². The number of hydrogen-bond acceptors (Lipinski definition) is 1. The molecule has 0 heterocycles. The molecule has 4 aromatic rings. The first-order chi connectivity index (χ1) is 9.74. The highest BCUT2D eigenvalue weighted by atomic mass is 16.3. The van der Waals surface area contributed by atoms with E-state index < -0.39 is 0 Å². The zero-order valence-electron chi connectivity index (χ0n) is 11.2. The molecule has 4 rings (SSSR count). The molecule has 1 N–H and O–H groups in total. The van der Waals surface area contributed by atoms with Gasteiger partial charge in [0.1, 0.15) is 5.75 Å². The Morgan fingerprint density at radius 1 is 0.700 bits per heavy atom. The predicted octanol–water partition coefficient (Wildman–Crippen LogP) is 5.16. The Morgan fingerprint density at radius 2 is 1.50 bits per heavy atom. The van der Waals surface area contributed by atoms with Gasteiger partial charge in [-0.1, -0.05) is 48.5 Å². The summed E-state index contributed by atoms with van der Waals surface area (Å²) in [7, 11) is 0. The van der Waals surface area contributed by atoms with Gasteiger partial charge in [0.2, 0.25) is 0 Å². The molecule has 0 radical (unpaired) electrons. The minimum absolute atomic E-state index is 0.316. The maximum atomic E-state index is 9.77. The summed E-state index contributed by atoms with van der Waals surface area (Å²) in [6.45, 7) is 2.15. The van der Waals surface area contributed by atoms with Crippen LogP contribution < -0.4 is 0 Å². The first kappa shape index (κ1) is 11.3. The molecule has 0 saturated heterocycles. The van der Waals surface area contributed by atoms with Crippen LogP contribution in [0.15, 0.2) is 60.7 Å². The Balaban J connectivity index is 2.33. The lowest BCUT2D eigenvalue weighted by Crippen LogP contribution is -1.85. The average Bonchev–Trinajstić information content (AvgIpc) is 2.47. The monoisotopic (exact) mass is 258 g/mol. The van der Waals surface area contributed by atoms with Crippen molar-refractivity contribution in [2.75, 3.05) is 0 Å². The number of aryl methyl sites for hydroxylation is 1. The second-order valence-electron chi connectivity index (χ2n) is 5.31. The fraction of sp³-hybridized carbons (Fsp3) is 0.0526. The molecule has 0 atom stereocenters. The summed E-state index contributed by atoms with van der Waals surface area (Å²) in [5.74, 6) is 0.316. The molecular weight excluding hydrogens is 244 g/mol. The van der Waals surface area contributed by atoms with Crippen molar-refractivity contribution in [1.82, 2.24) is 0 Å². The molecule has 0 saturated carbocycles. The molecule has 0 fully saturated rings. The molecule has 0 spiro atoms. The second-order valence-corrected chi connectivity index (χ2v) is 5.31. The molecule has 0 bridgehead atoms. The smallest absolute Gasteiger partial charge is 0.116 e. The molecule has 0 unspecified atom stereocenters. The van der Waals surface area contributed by atoms with Gasteiger partial charge in [-0.2, -0.15) is 0 Å². The van der Waals surface area contributed by atoms with Crippen molar-refractivity contribution in [1.29, 1.82) is 0 Å². The van der Waals surface area contributed by atoms with Crippen LogP contribution in [0, 0.1) is 6.92 Å². The van der Waals surface area contributed by atoms with Gasteiger partial charge in [0, 0.05) is 0 Å². The normalized spacial score (nSPS) is 11.4. The van der Waals surface area contributed by atoms with E-state index in [-0.39, 0.29) is 0 Å². The van der Waals surface area contributed by atoms with Gasteiger partial charge in [-0.15, -0.1) is 0 Å². The van der Waals surface area contributed by atoms with Crippen LogP contribution in [-0.2, 0) is 0 Å². The minimum Gasteiger partial charge on any atom is -0.508 e. The SMILES string of the molecule is Cc1cc2ccc(O)cc2c2ccc3ccccc3c12. The van der Waals surface area contributed by atoms with E-state index >= 15 is 0 Å². The van der Waals surface area contributed by atoms with E-state index in [1.165, 1.54) is 32.5 Å². The van der Waals surface area contributed by atoms with Crippen molar-refractivity contribution in [2.45, 2.75) is 6.92 Å². The standard InChI is InChI=1S/C19H14O/c1-12-10-14-6-8-15(20)11-18(14)17-9-7-13-4-2-3-5-16(13)19(12)17/h2-11,20H,1H3. The second kappa shape index (κ2) is 3.97. The highest BCUT2D eigenvalue weighted by molar-refractivity contribution is 6.18. The van der Waals surface area contributed by atoms with Crippen LogP contribution in [0.5, 0.6) is 5.75 Å². The van der Waals surface area contributed by atoms with E-state index in [1.807, 2.05) is 12.1 Å². The van der Waals surface area contributed by atoms with Crippen LogP contribution >= 0.6 is 0 Å². The van der Waals surface area contributed by atoms with Crippen molar-refractivity contribution in [3.63, 3.8) is 0 Å². The van der Waals surface area contributed by atoms with E-state index in [0.717, 1.165) is 5.39 Å².